The van der Waals surface area contributed by atoms with E-state index in [1.165, 1.54) is 6.42 Å². The molecule has 0 spiro atoms. The summed E-state index contributed by atoms with van der Waals surface area (Å²) in [7, 11) is 0. The van der Waals surface area contributed by atoms with Crippen molar-refractivity contribution in [2.24, 2.45) is 5.73 Å². The van der Waals surface area contributed by atoms with Crippen LogP contribution < -0.4 is 21.7 Å². The van der Waals surface area contributed by atoms with Crippen LogP contribution in [0, 0.1) is 0 Å². The summed E-state index contributed by atoms with van der Waals surface area (Å²) in [6.07, 6.45) is 12.4. The fourth-order valence-corrected chi connectivity index (χ4v) is 4.18. The first-order valence-electron chi connectivity index (χ1n) is 11.0. The highest BCUT2D eigenvalue weighted by Crippen LogP contribution is 2.28. The molecule has 0 saturated heterocycles. The first kappa shape index (κ1) is 19.7. The van der Waals surface area contributed by atoms with Gasteiger partial charge in [-0.3, -0.25) is 9.78 Å². The van der Waals surface area contributed by atoms with E-state index in [9.17, 15) is 4.79 Å². The van der Waals surface area contributed by atoms with Gasteiger partial charge in [0, 0.05) is 42.3 Å². The number of nitrogens with one attached hydrogen (secondary N) is 3. The van der Waals surface area contributed by atoms with Gasteiger partial charge in [0.05, 0.1) is 11.9 Å². The number of fused-ring (bicyclic) bond motifs is 1. The Hall–Kier alpha value is -3.20. The zero-order chi connectivity index (χ0) is 21.2. The fraction of sp³-hybridized carbons (Fsp3) is 0.455. The summed E-state index contributed by atoms with van der Waals surface area (Å²) in [6, 6.07) is 6.58. The summed E-state index contributed by atoms with van der Waals surface area (Å²) >= 11 is 0. The number of rotatable bonds is 6. The Balaban J connectivity index is 1.45. The van der Waals surface area contributed by atoms with Crippen molar-refractivity contribution >= 4 is 28.7 Å². The van der Waals surface area contributed by atoms with E-state index >= 15 is 0 Å². The minimum atomic E-state index is -0.262. The maximum absolute atomic E-state index is 12.9. The molecular weight excluding hydrogens is 392 g/mol. The zero-order valence-corrected chi connectivity index (χ0v) is 17.4. The van der Waals surface area contributed by atoms with Gasteiger partial charge in [0.25, 0.3) is 5.91 Å². The highest BCUT2D eigenvalue weighted by molar-refractivity contribution is 6.03. The molecule has 31 heavy (non-hydrogen) atoms. The van der Waals surface area contributed by atoms with Gasteiger partial charge in [-0.1, -0.05) is 0 Å². The maximum atomic E-state index is 12.9. The molecule has 2 saturated carbocycles. The molecule has 0 radical (unpaired) electrons. The average Bonchev–Trinajstić information content (AvgIpc) is 3.17. The number of hydrogen-bond acceptors (Lipinski definition) is 7. The molecule has 0 unspecified atom stereocenters. The van der Waals surface area contributed by atoms with Crippen molar-refractivity contribution < 1.29 is 4.79 Å². The maximum Gasteiger partial charge on any atom is 0.276 e. The molecule has 3 heterocycles. The van der Waals surface area contributed by atoms with Crippen molar-refractivity contribution in [3.05, 3.63) is 42.5 Å². The van der Waals surface area contributed by atoms with E-state index in [1.54, 1.807) is 35.2 Å². The summed E-state index contributed by atoms with van der Waals surface area (Å²) in [5.41, 5.74) is 8.67. The summed E-state index contributed by atoms with van der Waals surface area (Å²) in [6.45, 7) is 0. The number of aromatic nitrogens is 4. The summed E-state index contributed by atoms with van der Waals surface area (Å²) < 4.78 is 1.63. The van der Waals surface area contributed by atoms with Gasteiger partial charge in [-0.25, -0.2) is 9.50 Å². The van der Waals surface area contributed by atoms with Gasteiger partial charge in [-0.05, 0) is 57.1 Å². The lowest BCUT2D eigenvalue weighted by atomic mass is 9.92. The SMILES string of the molecule is N[C@H]1CC[C@H](Nc2cc(NC3CCC3)c3ncc(C(=O)Nc4ccncc4)n3n2)CC1. The highest BCUT2D eigenvalue weighted by Gasteiger charge is 2.23. The van der Waals surface area contributed by atoms with Crippen molar-refractivity contribution in [3.8, 4) is 0 Å². The van der Waals surface area contributed by atoms with Gasteiger partial charge in [-0.2, -0.15) is 0 Å². The topological polar surface area (TPSA) is 122 Å². The minimum Gasteiger partial charge on any atom is -0.379 e. The van der Waals surface area contributed by atoms with Gasteiger partial charge in [0.15, 0.2) is 11.3 Å². The third kappa shape index (κ3) is 4.32. The number of imidazole rings is 1. The molecule has 0 bridgehead atoms. The standard InChI is InChI=1S/C22H28N8O/c23-14-4-6-16(7-5-14)27-20-12-18(26-15-2-1-3-15)21-25-13-19(30(21)29-20)22(31)28-17-8-10-24-11-9-17/h8-16,26H,1-7,23H2,(H,27,29)(H,24,28,31)/t14-,16-. The monoisotopic (exact) mass is 420 g/mol. The number of carbonyl (C=O) groups excluding carboxylic acids is 1. The normalized spacial score (nSPS) is 21.5. The van der Waals surface area contributed by atoms with E-state index in [0.29, 0.717) is 35.2 Å². The van der Waals surface area contributed by atoms with Gasteiger partial charge in [0.2, 0.25) is 0 Å². The molecule has 9 nitrogen and oxygen atoms in total. The first-order chi connectivity index (χ1) is 15.2. The Morgan fingerprint density at radius 3 is 2.48 bits per heavy atom. The molecule has 5 rings (SSSR count). The van der Waals surface area contributed by atoms with E-state index in [-0.39, 0.29) is 5.91 Å². The number of hydrogen-bond donors (Lipinski definition) is 4. The fourth-order valence-electron chi connectivity index (χ4n) is 4.18. The molecule has 0 atom stereocenters. The molecule has 2 fully saturated rings. The number of nitrogens with zero attached hydrogens (tertiary/aromatic N) is 4. The highest BCUT2D eigenvalue weighted by atomic mass is 16.2. The predicted octanol–water partition coefficient (Wildman–Crippen LogP) is 3.02. The Morgan fingerprint density at radius 2 is 1.77 bits per heavy atom. The molecule has 0 aliphatic heterocycles. The second-order valence-electron chi connectivity index (χ2n) is 8.54. The Labute approximate surface area is 180 Å². The van der Waals surface area contributed by atoms with Crippen molar-refractivity contribution in [2.45, 2.75) is 63.1 Å². The number of carbonyl (C=O) groups is 1. The van der Waals surface area contributed by atoms with E-state index in [0.717, 1.165) is 50.0 Å². The summed E-state index contributed by atoms with van der Waals surface area (Å²) in [5.74, 6) is 0.479. The van der Waals surface area contributed by atoms with E-state index in [4.69, 9.17) is 10.8 Å². The zero-order valence-electron chi connectivity index (χ0n) is 17.4. The number of anilines is 3. The molecule has 2 aliphatic carbocycles. The molecule has 9 heteroatoms. The Bertz CT molecular complexity index is 1050. The van der Waals surface area contributed by atoms with Gasteiger partial charge in [0.1, 0.15) is 5.82 Å². The van der Waals surface area contributed by atoms with Crippen LogP contribution in [0.4, 0.5) is 17.2 Å². The molecule has 0 aromatic carbocycles. The lowest BCUT2D eigenvalue weighted by molar-refractivity contribution is 0.102. The number of amides is 1. The lowest BCUT2D eigenvalue weighted by Gasteiger charge is -2.29. The molecule has 1 amide bonds. The molecule has 5 N–H and O–H groups in total. The quantitative estimate of drug-likeness (QED) is 0.483. The largest absolute Gasteiger partial charge is 0.379 e. The van der Waals surface area contributed by atoms with Gasteiger partial charge >= 0.3 is 0 Å². The van der Waals surface area contributed by atoms with Crippen LogP contribution in [-0.2, 0) is 0 Å². The summed E-state index contributed by atoms with van der Waals surface area (Å²) in [5, 5.41) is 14.8. The Morgan fingerprint density at radius 1 is 1.03 bits per heavy atom. The van der Waals surface area contributed by atoms with Crippen molar-refractivity contribution in [3.63, 3.8) is 0 Å². The van der Waals surface area contributed by atoms with Crippen LogP contribution in [0.2, 0.25) is 0 Å². The van der Waals surface area contributed by atoms with Crippen molar-refractivity contribution in [1.29, 1.82) is 0 Å². The van der Waals surface area contributed by atoms with Crippen LogP contribution in [0.1, 0.15) is 55.4 Å². The third-order valence-electron chi connectivity index (χ3n) is 6.23. The lowest BCUT2D eigenvalue weighted by Crippen LogP contribution is -2.33. The number of nitrogens with two attached hydrogens (primary N) is 1. The molecular formula is C22H28N8O. The predicted molar refractivity (Wildman–Crippen MR) is 120 cm³/mol. The van der Waals surface area contributed by atoms with Crippen molar-refractivity contribution in [2.75, 3.05) is 16.0 Å². The molecule has 3 aromatic rings. The second kappa shape index (κ2) is 8.50. The van der Waals surface area contributed by atoms with Crippen LogP contribution >= 0.6 is 0 Å². The van der Waals surface area contributed by atoms with Crippen LogP contribution in [0.15, 0.2) is 36.8 Å². The molecule has 162 valence electrons. The molecule has 3 aromatic heterocycles. The van der Waals surface area contributed by atoms with E-state index in [1.807, 2.05) is 6.07 Å². The van der Waals surface area contributed by atoms with Crippen LogP contribution in [0.5, 0.6) is 0 Å². The smallest absolute Gasteiger partial charge is 0.276 e. The number of pyridine rings is 1. The first-order valence-corrected chi connectivity index (χ1v) is 11.0. The minimum absolute atomic E-state index is 0.262. The third-order valence-corrected chi connectivity index (χ3v) is 6.23. The van der Waals surface area contributed by atoms with Crippen LogP contribution in [0.3, 0.4) is 0 Å². The van der Waals surface area contributed by atoms with Gasteiger partial charge < -0.3 is 21.7 Å². The average molecular weight is 421 g/mol. The molecule has 2 aliphatic rings. The van der Waals surface area contributed by atoms with Gasteiger partial charge in [-0.15, -0.1) is 5.10 Å². The van der Waals surface area contributed by atoms with Crippen LogP contribution in [0.25, 0.3) is 5.65 Å². The van der Waals surface area contributed by atoms with E-state index in [2.05, 4.69) is 25.9 Å². The van der Waals surface area contributed by atoms with E-state index < -0.39 is 0 Å². The van der Waals surface area contributed by atoms with Crippen LogP contribution in [-0.4, -0.2) is 43.6 Å². The second-order valence-corrected chi connectivity index (χ2v) is 8.54. The summed E-state index contributed by atoms with van der Waals surface area (Å²) in [4.78, 5) is 21.4. The Kier molecular flexibility index (Phi) is 5.42. The van der Waals surface area contributed by atoms with Crippen molar-refractivity contribution in [1.82, 2.24) is 19.6 Å².